The fourth-order valence-electron chi connectivity index (χ4n) is 2.55. The SMILES string of the molecule is CCN(C(=O)c1cc(Br)cn1C)C1CCCNC1. The van der Waals surface area contributed by atoms with Crippen molar-refractivity contribution < 1.29 is 4.79 Å². The smallest absolute Gasteiger partial charge is 0.270 e. The van der Waals surface area contributed by atoms with Crippen LogP contribution in [0.25, 0.3) is 0 Å². The second-order valence-electron chi connectivity index (χ2n) is 4.75. The second kappa shape index (κ2) is 5.89. The molecule has 1 unspecified atom stereocenters. The van der Waals surface area contributed by atoms with Gasteiger partial charge in [0, 0.05) is 36.8 Å². The van der Waals surface area contributed by atoms with E-state index < -0.39 is 0 Å². The van der Waals surface area contributed by atoms with E-state index in [-0.39, 0.29) is 5.91 Å². The fourth-order valence-corrected chi connectivity index (χ4v) is 3.08. The number of aromatic nitrogens is 1. The van der Waals surface area contributed by atoms with E-state index in [1.54, 1.807) is 0 Å². The lowest BCUT2D eigenvalue weighted by Gasteiger charge is -2.34. The number of aryl methyl sites for hydroxylation is 1. The average Bonchev–Trinajstić information content (AvgIpc) is 2.70. The molecule has 100 valence electrons. The van der Waals surface area contributed by atoms with Crippen LogP contribution in [0.3, 0.4) is 0 Å². The van der Waals surface area contributed by atoms with E-state index in [0.29, 0.717) is 6.04 Å². The van der Waals surface area contributed by atoms with Crippen molar-refractivity contribution in [1.82, 2.24) is 14.8 Å². The van der Waals surface area contributed by atoms with E-state index in [2.05, 4.69) is 21.2 Å². The van der Waals surface area contributed by atoms with Gasteiger partial charge in [0.15, 0.2) is 0 Å². The molecule has 2 heterocycles. The maximum atomic E-state index is 12.6. The third-order valence-electron chi connectivity index (χ3n) is 3.50. The Balaban J connectivity index is 2.16. The maximum Gasteiger partial charge on any atom is 0.270 e. The van der Waals surface area contributed by atoms with Crippen molar-refractivity contribution in [2.45, 2.75) is 25.8 Å². The third kappa shape index (κ3) is 2.78. The van der Waals surface area contributed by atoms with E-state index in [9.17, 15) is 4.79 Å². The van der Waals surface area contributed by atoms with Crippen molar-refractivity contribution in [2.24, 2.45) is 7.05 Å². The molecule has 5 heteroatoms. The third-order valence-corrected chi connectivity index (χ3v) is 3.94. The number of nitrogens with one attached hydrogen (secondary N) is 1. The predicted octanol–water partition coefficient (Wildman–Crippen LogP) is 2.00. The monoisotopic (exact) mass is 313 g/mol. The van der Waals surface area contributed by atoms with Gasteiger partial charge in [-0.3, -0.25) is 4.79 Å². The predicted molar refractivity (Wildman–Crippen MR) is 75.7 cm³/mol. The average molecular weight is 314 g/mol. The quantitative estimate of drug-likeness (QED) is 0.926. The molecule has 4 nitrogen and oxygen atoms in total. The van der Waals surface area contributed by atoms with Crippen LogP contribution in [0.15, 0.2) is 16.7 Å². The highest BCUT2D eigenvalue weighted by atomic mass is 79.9. The molecular formula is C13H20BrN3O. The van der Waals surface area contributed by atoms with Crippen LogP contribution < -0.4 is 5.32 Å². The molecule has 2 rings (SSSR count). The molecule has 1 atom stereocenters. The number of carbonyl (C=O) groups excluding carboxylic acids is 1. The zero-order chi connectivity index (χ0) is 13.1. The molecule has 1 aliphatic heterocycles. The topological polar surface area (TPSA) is 37.3 Å². The Kier molecular flexibility index (Phi) is 4.45. The van der Waals surface area contributed by atoms with Gasteiger partial charge in [-0.1, -0.05) is 0 Å². The number of likely N-dealkylation sites (N-methyl/N-ethyl adjacent to an activating group) is 1. The van der Waals surface area contributed by atoms with Gasteiger partial charge in [0.1, 0.15) is 5.69 Å². The van der Waals surface area contributed by atoms with E-state index in [1.807, 2.05) is 35.7 Å². The molecule has 18 heavy (non-hydrogen) atoms. The standard InChI is InChI=1S/C13H20BrN3O/c1-3-17(11-5-4-6-15-8-11)13(18)12-7-10(14)9-16(12)2/h7,9,11,15H,3-6,8H2,1-2H3. The fraction of sp³-hybridized carbons (Fsp3) is 0.615. The molecule has 1 N–H and O–H groups in total. The lowest BCUT2D eigenvalue weighted by atomic mass is 10.1. The normalized spacial score (nSPS) is 19.8. The summed E-state index contributed by atoms with van der Waals surface area (Å²) in [5.74, 6) is 0.124. The summed E-state index contributed by atoms with van der Waals surface area (Å²) in [6.45, 7) is 4.78. The Labute approximate surface area is 116 Å². The largest absolute Gasteiger partial charge is 0.345 e. The molecule has 0 aliphatic carbocycles. The zero-order valence-electron chi connectivity index (χ0n) is 10.9. The summed E-state index contributed by atoms with van der Waals surface area (Å²) in [4.78, 5) is 14.5. The summed E-state index contributed by atoms with van der Waals surface area (Å²) in [5, 5.41) is 3.37. The Bertz CT molecular complexity index is 424. The highest BCUT2D eigenvalue weighted by Gasteiger charge is 2.26. The first-order chi connectivity index (χ1) is 8.63. The summed E-state index contributed by atoms with van der Waals surface area (Å²) in [6.07, 6.45) is 4.16. The zero-order valence-corrected chi connectivity index (χ0v) is 12.5. The molecular weight excluding hydrogens is 294 g/mol. The molecule has 1 saturated heterocycles. The van der Waals surface area contributed by atoms with E-state index >= 15 is 0 Å². The summed E-state index contributed by atoms with van der Waals surface area (Å²) in [7, 11) is 1.91. The summed E-state index contributed by atoms with van der Waals surface area (Å²) >= 11 is 3.41. The number of halogens is 1. The minimum absolute atomic E-state index is 0.124. The van der Waals surface area contributed by atoms with E-state index in [1.165, 1.54) is 0 Å². The van der Waals surface area contributed by atoms with E-state index in [0.717, 1.165) is 42.6 Å². The van der Waals surface area contributed by atoms with Crippen LogP contribution in [0.2, 0.25) is 0 Å². The van der Waals surface area contributed by atoms with Crippen LogP contribution in [-0.2, 0) is 7.05 Å². The van der Waals surface area contributed by atoms with Crippen molar-refractivity contribution in [3.8, 4) is 0 Å². The first-order valence-electron chi connectivity index (χ1n) is 6.47. The molecule has 0 aromatic carbocycles. The number of hydrogen-bond donors (Lipinski definition) is 1. The van der Waals surface area contributed by atoms with Crippen molar-refractivity contribution >= 4 is 21.8 Å². The molecule has 1 aromatic heterocycles. The van der Waals surface area contributed by atoms with Gasteiger partial charge in [-0.2, -0.15) is 0 Å². The van der Waals surface area contributed by atoms with Crippen molar-refractivity contribution in [1.29, 1.82) is 0 Å². The number of rotatable bonds is 3. The van der Waals surface area contributed by atoms with Crippen LogP contribution in [-0.4, -0.2) is 41.1 Å². The number of nitrogens with zero attached hydrogens (tertiary/aromatic N) is 2. The minimum atomic E-state index is 0.124. The van der Waals surface area contributed by atoms with Crippen molar-refractivity contribution in [3.63, 3.8) is 0 Å². The van der Waals surface area contributed by atoms with Gasteiger partial charge in [0.2, 0.25) is 0 Å². The van der Waals surface area contributed by atoms with E-state index in [4.69, 9.17) is 0 Å². The molecule has 0 saturated carbocycles. The first kappa shape index (κ1) is 13.6. The molecule has 0 radical (unpaired) electrons. The van der Waals surface area contributed by atoms with Gasteiger partial charge in [-0.05, 0) is 48.3 Å². The summed E-state index contributed by atoms with van der Waals surface area (Å²) < 4.78 is 2.83. The molecule has 1 aromatic rings. The van der Waals surface area contributed by atoms with Crippen LogP contribution in [0, 0.1) is 0 Å². The van der Waals surface area contributed by atoms with Gasteiger partial charge in [-0.15, -0.1) is 0 Å². The number of amides is 1. The Morgan fingerprint density at radius 1 is 1.67 bits per heavy atom. The number of carbonyl (C=O) groups is 1. The van der Waals surface area contributed by atoms with Gasteiger partial charge in [0.05, 0.1) is 0 Å². The molecule has 0 bridgehead atoms. The first-order valence-corrected chi connectivity index (χ1v) is 7.26. The van der Waals surface area contributed by atoms with Crippen molar-refractivity contribution in [2.75, 3.05) is 19.6 Å². The van der Waals surface area contributed by atoms with Gasteiger partial charge < -0.3 is 14.8 Å². The Hall–Kier alpha value is -0.810. The van der Waals surface area contributed by atoms with Crippen LogP contribution in [0.5, 0.6) is 0 Å². The Morgan fingerprint density at radius 2 is 2.44 bits per heavy atom. The van der Waals surface area contributed by atoms with Gasteiger partial charge in [0.25, 0.3) is 5.91 Å². The van der Waals surface area contributed by atoms with Crippen molar-refractivity contribution in [3.05, 3.63) is 22.4 Å². The molecule has 1 fully saturated rings. The highest BCUT2D eigenvalue weighted by Crippen LogP contribution is 2.18. The maximum absolute atomic E-state index is 12.6. The van der Waals surface area contributed by atoms with Crippen LogP contribution in [0.4, 0.5) is 0 Å². The molecule has 1 amide bonds. The molecule has 1 aliphatic rings. The van der Waals surface area contributed by atoms with Gasteiger partial charge >= 0.3 is 0 Å². The number of hydrogen-bond acceptors (Lipinski definition) is 2. The number of piperidine rings is 1. The minimum Gasteiger partial charge on any atom is -0.345 e. The lowest BCUT2D eigenvalue weighted by molar-refractivity contribution is 0.0652. The van der Waals surface area contributed by atoms with Gasteiger partial charge in [-0.25, -0.2) is 0 Å². The Morgan fingerprint density at radius 3 is 2.94 bits per heavy atom. The molecule has 0 spiro atoms. The summed E-state index contributed by atoms with van der Waals surface area (Å²) in [6, 6.07) is 2.21. The van der Waals surface area contributed by atoms with Crippen LogP contribution >= 0.6 is 15.9 Å². The van der Waals surface area contributed by atoms with Crippen LogP contribution in [0.1, 0.15) is 30.3 Å². The summed E-state index contributed by atoms with van der Waals surface area (Å²) in [5.41, 5.74) is 0.745. The highest BCUT2D eigenvalue weighted by molar-refractivity contribution is 9.10. The lowest BCUT2D eigenvalue weighted by Crippen LogP contribution is -2.48. The second-order valence-corrected chi connectivity index (χ2v) is 5.66.